The molecule has 0 aliphatic rings. The Morgan fingerprint density at radius 1 is 1.39 bits per heavy atom. The smallest absolute Gasteiger partial charge is 0.309 e. The van der Waals surface area contributed by atoms with Crippen molar-refractivity contribution in [2.75, 3.05) is 26.0 Å². The van der Waals surface area contributed by atoms with Crippen LogP contribution in [-0.2, 0) is 14.3 Å². The fraction of sp³-hybridized carbons (Fsp3) is 0.333. The van der Waals surface area contributed by atoms with Gasteiger partial charge in [-0.3, -0.25) is 9.59 Å². The van der Waals surface area contributed by atoms with Crippen LogP contribution in [0, 0.1) is 0 Å². The van der Waals surface area contributed by atoms with E-state index < -0.39 is 5.97 Å². The van der Waals surface area contributed by atoms with Crippen LogP contribution in [0.15, 0.2) is 24.3 Å². The fourth-order valence-corrected chi connectivity index (χ4v) is 1.15. The van der Waals surface area contributed by atoms with Crippen LogP contribution in [0.4, 0.5) is 5.69 Å². The van der Waals surface area contributed by atoms with Gasteiger partial charge in [-0.25, -0.2) is 0 Å². The van der Waals surface area contributed by atoms with Gasteiger partial charge in [-0.15, -0.1) is 0 Å². The molecule has 1 aromatic rings. The average molecular weight is 252 g/mol. The fourth-order valence-electron chi connectivity index (χ4n) is 1.15. The number of rotatable bonds is 6. The standard InChI is InChI=1S/C12H16N2O4/c1-14-11(15)8-18-12(16)5-6-17-10-4-2-3-9(13)7-10/h2-4,7H,5-6,8,13H2,1H3,(H,14,15). The van der Waals surface area contributed by atoms with Crippen LogP contribution in [-0.4, -0.2) is 32.1 Å². The summed E-state index contributed by atoms with van der Waals surface area (Å²) in [5, 5.41) is 2.35. The second kappa shape index (κ2) is 7.16. The monoisotopic (exact) mass is 252 g/mol. The van der Waals surface area contributed by atoms with Crippen LogP contribution in [0.3, 0.4) is 0 Å². The zero-order valence-electron chi connectivity index (χ0n) is 10.1. The quantitative estimate of drug-likeness (QED) is 0.562. The average Bonchev–Trinajstić information content (AvgIpc) is 2.36. The molecular weight excluding hydrogens is 236 g/mol. The lowest BCUT2D eigenvalue weighted by atomic mass is 10.3. The normalized spacial score (nSPS) is 9.61. The summed E-state index contributed by atoms with van der Waals surface area (Å²) in [6.07, 6.45) is 0.0752. The van der Waals surface area contributed by atoms with Crippen molar-refractivity contribution in [2.45, 2.75) is 6.42 Å². The predicted octanol–water partition coefficient (Wildman–Crippen LogP) is 0.327. The summed E-state index contributed by atoms with van der Waals surface area (Å²) < 4.78 is 10.0. The molecule has 1 aromatic carbocycles. The molecule has 0 aromatic heterocycles. The van der Waals surface area contributed by atoms with Gasteiger partial charge >= 0.3 is 5.97 Å². The molecule has 0 unspecified atom stereocenters. The van der Waals surface area contributed by atoms with Crippen molar-refractivity contribution in [3.8, 4) is 5.75 Å². The zero-order chi connectivity index (χ0) is 13.4. The number of amides is 1. The van der Waals surface area contributed by atoms with Crippen LogP contribution < -0.4 is 15.8 Å². The van der Waals surface area contributed by atoms with Gasteiger partial charge in [0.25, 0.3) is 5.91 Å². The molecule has 18 heavy (non-hydrogen) atoms. The summed E-state index contributed by atoms with van der Waals surface area (Å²) in [5.74, 6) is -0.239. The zero-order valence-corrected chi connectivity index (χ0v) is 10.1. The number of nitrogens with one attached hydrogen (secondary N) is 1. The van der Waals surface area contributed by atoms with E-state index in [2.05, 4.69) is 5.32 Å². The molecule has 0 saturated carbocycles. The number of ether oxygens (including phenoxy) is 2. The van der Waals surface area contributed by atoms with Crippen molar-refractivity contribution >= 4 is 17.6 Å². The molecule has 0 heterocycles. The molecule has 1 amide bonds. The molecule has 0 fully saturated rings. The van der Waals surface area contributed by atoms with Gasteiger partial charge in [-0.05, 0) is 12.1 Å². The topological polar surface area (TPSA) is 90.6 Å². The maximum absolute atomic E-state index is 11.2. The molecule has 3 N–H and O–H groups in total. The molecular formula is C12H16N2O4. The van der Waals surface area contributed by atoms with E-state index in [1.165, 1.54) is 7.05 Å². The SMILES string of the molecule is CNC(=O)COC(=O)CCOc1cccc(N)c1. The number of benzene rings is 1. The third kappa shape index (κ3) is 5.20. The maximum atomic E-state index is 11.2. The minimum Gasteiger partial charge on any atom is -0.493 e. The number of esters is 1. The molecule has 98 valence electrons. The van der Waals surface area contributed by atoms with Gasteiger partial charge in [-0.2, -0.15) is 0 Å². The predicted molar refractivity (Wildman–Crippen MR) is 66.0 cm³/mol. The minimum absolute atomic E-state index is 0.0752. The number of carbonyl (C=O) groups is 2. The molecule has 0 aliphatic heterocycles. The van der Waals surface area contributed by atoms with Gasteiger partial charge in [0.2, 0.25) is 0 Å². The number of nitrogen functional groups attached to an aromatic ring is 1. The Labute approximate surface area is 105 Å². The largest absolute Gasteiger partial charge is 0.493 e. The maximum Gasteiger partial charge on any atom is 0.309 e. The Hall–Kier alpha value is -2.24. The lowest BCUT2D eigenvalue weighted by Crippen LogP contribution is -2.25. The first-order valence-corrected chi connectivity index (χ1v) is 5.46. The van der Waals surface area contributed by atoms with Crippen molar-refractivity contribution < 1.29 is 19.1 Å². The number of likely N-dealkylation sites (N-methyl/N-ethyl adjacent to an activating group) is 1. The second-order valence-corrected chi connectivity index (χ2v) is 3.50. The number of carbonyl (C=O) groups excluding carboxylic acids is 2. The van der Waals surface area contributed by atoms with Crippen LogP contribution in [0.1, 0.15) is 6.42 Å². The van der Waals surface area contributed by atoms with Crippen LogP contribution in [0.5, 0.6) is 5.75 Å². The highest BCUT2D eigenvalue weighted by atomic mass is 16.5. The summed E-state index contributed by atoms with van der Waals surface area (Å²) in [6.45, 7) is -0.0936. The Bertz CT molecular complexity index is 420. The molecule has 0 aliphatic carbocycles. The van der Waals surface area contributed by atoms with E-state index in [-0.39, 0.29) is 25.5 Å². The van der Waals surface area contributed by atoms with Crippen LogP contribution in [0.2, 0.25) is 0 Å². The van der Waals surface area contributed by atoms with E-state index in [1.54, 1.807) is 24.3 Å². The number of anilines is 1. The van der Waals surface area contributed by atoms with Crippen molar-refractivity contribution in [2.24, 2.45) is 0 Å². The minimum atomic E-state index is -0.484. The third-order valence-electron chi connectivity index (χ3n) is 2.08. The van der Waals surface area contributed by atoms with Crippen LogP contribution in [0.25, 0.3) is 0 Å². The van der Waals surface area contributed by atoms with E-state index >= 15 is 0 Å². The molecule has 0 radical (unpaired) electrons. The summed E-state index contributed by atoms with van der Waals surface area (Å²) in [7, 11) is 1.47. The van der Waals surface area contributed by atoms with Gasteiger partial charge in [0, 0.05) is 18.8 Å². The Balaban J connectivity index is 2.21. The van der Waals surface area contributed by atoms with Crippen molar-refractivity contribution in [1.82, 2.24) is 5.32 Å². The first-order valence-electron chi connectivity index (χ1n) is 5.46. The summed E-state index contributed by atoms with van der Waals surface area (Å²) >= 11 is 0. The van der Waals surface area contributed by atoms with Crippen molar-refractivity contribution in [1.29, 1.82) is 0 Å². The van der Waals surface area contributed by atoms with E-state index in [0.29, 0.717) is 11.4 Å². The lowest BCUT2D eigenvalue weighted by molar-refractivity contribution is -0.148. The van der Waals surface area contributed by atoms with Gasteiger partial charge < -0.3 is 20.5 Å². The second-order valence-electron chi connectivity index (χ2n) is 3.50. The number of nitrogens with two attached hydrogens (primary N) is 1. The highest BCUT2D eigenvalue weighted by molar-refractivity contribution is 5.80. The molecule has 0 saturated heterocycles. The Morgan fingerprint density at radius 3 is 2.83 bits per heavy atom. The van der Waals surface area contributed by atoms with E-state index in [0.717, 1.165) is 0 Å². The number of hydrogen-bond acceptors (Lipinski definition) is 5. The molecule has 0 atom stereocenters. The molecule has 1 rings (SSSR count). The lowest BCUT2D eigenvalue weighted by Gasteiger charge is -2.07. The molecule has 6 nitrogen and oxygen atoms in total. The molecule has 0 spiro atoms. The van der Waals surface area contributed by atoms with Crippen LogP contribution >= 0.6 is 0 Å². The summed E-state index contributed by atoms with van der Waals surface area (Å²) in [6, 6.07) is 6.90. The molecule has 6 heteroatoms. The summed E-state index contributed by atoms with van der Waals surface area (Å²) in [4.78, 5) is 22.0. The first-order chi connectivity index (χ1) is 8.61. The Morgan fingerprint density at radius 2 is 2.17 bits per heavy atom. The van der Waals surface area contributed by atoms with Gasteiger partial charge in [-0.1, -0.05) is 6.07 Å². The van der Waals surface area contributed by atoms with E-state index in [1.807, 2.05) is 0 Å². The highest BCUT2D eigenvalue weighted by Crippen LogP contribution is 2.14. The number of hydrogen-bond donors (Lipinski definition) is 2. The molecule has 0 bridgehead atoms. The summed E-state index contributed by atoms with van der Waals surface area (Å²) in [5.41, 5.74) is 6.16. The Kier molecular flexibility index (Phi) is 5.50. The third-order valence-corrected chi connectivity index (χ3v) is 2.08. The van der Waals surface area contributed by atoms with Crippen molar-refractivity contribution in [3.05, 3.63) is 24.3 Å². The van der Waals surface area contributed by atoms with Gasteiger partial charge in [0.05, 0.1) is 13.0 Å². The van der Waals surface area contributed by atoms with Crippen molar-refractivity contribution in [3.63, 3.8) is 0 Å². The van der Waals surface area contributed by atoms with Gasteiger partial charge in [0.1, 0.15) is 5.75 Å². The van der Waals surface area contributed by atoms with E-state index in [4.69, 9.17) is 15.2 Å². The van der Waals surface area contributed by atoms with Gasteiger partial charge in [0.15, 0.2) is 6.61 Å². The first kappa shape index (κ1) is 13.8. The van der Waals surface area contributed by atoms with E-state index in [9.17, 15) is 9.59 Å². The highest BCUT2D eigenvalue weighted by Gasteiger charge is 2.06.